The molecular formula is C30H49N3O4. The Kier molecular flexibility index (Phi) is 14.0. The SMILES string of the molecule is C=Cc1cccc(C(C(=O)NCCCCC)N(CCCCC)C(=O)C(NC(=O)OC(C)(C)C)C(C)C)c1. The maximum absolute atomic E-state index is 14.1. The molecule has 3 amide bonds. The minimum Gasteiger partial charge on any atom is -0.444 e. The third-order valence-electron chi connectivity index (χ3n) is 5.99. The molecule has 7 heteroatoms. The monoisotopic (exact) mass is 515 g/mol. The van der Waals surface area contributed by atoms with Crippen molar-refractivity contribution in [1.29, 1.82) is 0 Å². The molecule has 0 spiro atoms. The molecule has 0 bridgehead atoms. The Balaban J connectivity index is 3.44. The number of hydrogen-bond donors (Lipinski definition) is 2. The standard InChI is InChI=1S/C30H49N3O4/c1-9-12-14-19-31-27(34)26(24-18-16-17-23(11-3)21-24)33(20-15-13-10-2)28(35)25(22(4)5)32-29(36)37-30(6,7)8/h11,16-18,21-22,25-26H,3,9-10,12-15,19-20H2,1-2,4-8H3,(H,31,34)(H,32,36). The molecule has 0 aromatic heterocycles. The molecule has 1 rings (SSSR count). The lowest BCUT2D eigenvalue weighted by Crippen LogP contribution is -2.55. The Hall–Kier alpha value is -2.83. The lowest BCUT2D eigenvalue weighted by molar-refractivity contribution is -0.143. The van der Waals surface area contributed by atoms with Crippen LogP contribution in [-0.4, -0.2) is 47.5 Å². The van der Waals surface area contributed by atoms with Crippen molar-refractivity contribution in [3.05, 3.63) is 42.0 Å². The lowest BCUT2D eigenvalue weighted by atomic mass is 9.97. The van der Waals surface area contributed by atoms with Gasteiger partial charge >= 0.3 is 6.09 Å². The van der Waals surface area contributed by atoms with Crippen molar-refractivity contribution in [2.45, 2.75) is 105 Å². The van der Waals surface area contributed by atoms with E-state index in [9.17, 15) is 14.4 Å². The van der Waals surface area contributed by atoms with Gasteiger partial charge in [-0.05, 0) is 56.7 Å². The topological polar surface area (TPSA) is 87.7 Å². The fraction of sp³-hybridized carbons (Fsp3) is 0.633. The van der Waals surface area contributed by atoms with E-state index in [2.05, 4.69) is 31.1 Å². The van der Waals surface area contributed by atoms with Crippen molar-refractivity contribution in [3.63, 3.8) is 0 Å². The summed E-state index contributed by atoms with van der Waals surface area (Å²) in [6, 6.07) is 5.89. The number of carbonyl (C=O) groups is 3. The quantitative estimate of drug-likeness (QED) is 0.271. The summed E-state index contributed by atoms with van der Waals surface area (Å²) >= 11 is 0. The van der Waals surface area contributed by atoms with Crippen LogP contribution in [0.1, 0.15) is 104 Å². The maximum atomic E-state index is 14.1. The molecule has 0 saturated heterocycles. The number of rotatable bonds is 15. The van der Waals surface area contributed by atoms with E-state index in [1.807, 2.05) is 38.1 Å². The number of nitrogens with zero attached hydrogens (tertiary/aromatic N) is 1. The number of hydrogen-bond acceptors (Lipinski definition) is 4. The van der Waals surface area contributed by atoms with Gasteiger partial charge in [0.15, 0.2) is 0 Å². The Morgan fingerprint density at radius 2 is 1.70 bits per heavy atom. The first-order valence-electron chi connectivity index (χ1n) is 13.7. The highest BCUT2D eigenvalue weighted by atomic mass is 16.6. The number of carbonyl (C=O) groups excluding carboxylic acids is 3. The normalized spacial score (nSPS) is 13.0. The molecule has 0 aliphatic heterocycles. The first-order chi connectivity index (χ1) is 17.4. The second-order valence-electron chi connectivity index (χ2n) is 10.9. The van der Waals surface area contributed by atoms with Crippen LogP contribution in [0, 0.1) is 5.92 Å². The minimum absolute atomic E-state index is 0.207. The van der Waals surface area contributed by atoms with Crippen molar-refractivity contribution >= 4 is 24.0 Å². The molecule has 0 fully saturated rings. The van der Waals surface area contributed by atoms with E-state index in [0.717, 1.165) is 49.7 Å². The van der Waals surface area contributed by atoms with Gasteiger partial charge in [0.05, 0.1) is 0 Å². The molecule has 0 radical (unpaired) electrons. The summed E-state index contributed by atoms with van der Waals surface area (Å²) in [6.07, 6.45) is 6.67. The van der Waals surface area contributed by atoms with E-state index >= 15 is 0 Å². The average molecular weight is 516 g/mol. The van der Waals surface area contributed by atoms with Crippen LogP contribution in [0.2, 0.25) is 0 Å². The zero-order valence-corrected chi connectivity index (χ0v) is 24.1. The number of unbranched alkanes of at least 4 members (excludes halogenated alkanes) is 4. The van der Waals surface area contributed by atoms with Gasteiger partial charge in [0, 0.05) is 13.1 Å². The Labute approximate surface area is 224 Å². The van der Waals surface area contributed by atoms with Crippen molar-refractivity contribution in [1.82, 2.24) is 15.5 Å². The number of amides is 3. The molecule has 0 saturated carbocycles. The largest absolute Gasteiger partial charge is 0.444 e. The fourth-order valence-electron chi connectivity index (χ4n) is 4.04. The van der Waals surface area contributed by atoms with Crippen LogP contribution in [0.25, 0.3) is 6.08 Å². The van der Waals surface area contributed by atoms with E-state index in [1.54, 1.807) is 31.7 Å². The highest BCUT2D eigenvalue weighted by Crippen LogP contribution is 2.26. The van der Waals surface area contributed by atoms with Gasteiger partial charge in [0.1, 0.15) is 17.7 Å². The molecule has 2 atom stereocenters. The van der Waals surface area contributed by atoms with Gasteiger partial charge in [0.2, 0.25) is 11.8 Å². The molecule has 1 aromatic carbocycles. The average Bonchev–Trinajstić information content (AvgIpc) is 2.83. The smallest absolute Gasteiger partial charge is 0.408 e. The zero-order valence-electron chi connectivity index (χ0n) is 24.1. The van der Waals surface area contributed by atoms with Crippen LogP contribution >= 0.6 is 0 Å². The number of nitrogens with one attached hydrogen (secondary N) is 2. The van der Waals surface area contributed by atoms with Crippen molar-refractivity contribution in [2.24, 2.45) is 5.92 Å². The molecule has 2 unspecified atom stereocenters. The molecule has 2 N–H and O–H groups in total. The third-order valence-corrected chi connectivity index (χ3v) is 5.99. The predicted octanol–water partition coefficient (Wildman–Crippen LogP) is 6.25. The second kappa shape index (κ2) is 16.1. The molecule has 0 heterocycles. The first kappa shape index (κ1) is 32.2. The molecular weight excluding hydrogens is 466 g/mol. The summed E-state index contributed by atoms with van der Waals surface area (Å²) in [6.45, 7) is 18.1. The van der Waals surface area contributed by atoms with E-state index in [-0.39, 0.29) is 17.7 Å². The summed E-state index contributed by atoms with van der Waals surface area (Å²) in [7, 11) is 0. The summed E-state index contributed by atoms with van der Waals surface area (Å²) in [5.41, 5.74) is 0.895. The number of ether oxygens (including phenoxy) is 1. The maximum Gasteiger partial charge on any atom is 0.408 e. The van der Waals surface area contributed by atoms with Crippen LogP contribution in [-0.2, 0) is 14.3 Å². The highest BCUT2D eigenvalue weighted by molar-refractivity contribution is 5.92. The highest BCUT2D eigenvalue weighted by Gasteiger charge is 2.37. The van der Waals surface area contributed by atoms with Crippen LogP contribution in [0.5, 0.6) is 0 Å². The minimum atomic E-state index is -0.838. The van der Waals surface area contributed by atoms with E-state index in [4.69, 9.17) is 4.74 Å². The number of alkyl carbamates (subject to hydrolysis) is 1. The fourth-order valence-corrected chi connectivity index (χ4v) is 4.04. The zero-order chi connectivity index (χ0) is 28.0. The van der Waals surface area contributed by atoms with Crippen LogP contribution in [0.3, 0.4) is 0 Å². The van der Waals surface area contributed by atoms with Crippen molar-refractivity contribution in [3.8, 4) is 0 Å². The summed E-state index contributed by atoms with van der Waals surface area (Å²) in [5.74, 6) is -0.724. The number of benzene rings is 1. The molecule has 1 aromatic rings. The Morgan fingerprint density at radius 3 is 2.27 bits per heavy atom. The van der Waals surface area contributed by atoms with Crippen molar-refractivity contribution in [2.75, 3.05) is 13.1 Å². The lowest BCUT2D eigenvalue weighted by Gasteiger charge is -2.35. The van der Waals surface area contributed by atoms with Gasteiger partial charge in [-0.25, -0.2) is 4.79 Å². The van der Waals surface area contributed by atoms with Gasteiger partial charge in [-0.3, -0.25) is 9.59 Å². The molecule has 37 heavy (non-hydrogen) atoms. The van der Waals surface area contributed by atoms with Gasteiger partial charge < -0.3 is 20.3 Å². The van der Waals surface area contributed by atoms with Gasteiger partial charge in [-0.2, -0.15) is 0 Å². The molecule has 208 valence electrons. The van der Waals surface area contributed by atoms with Crippen molar-refractivity contribution < 1.29 is 19.1 Å². The van der Waals surface area contributed by atoms with Gasteiger partial charge in [0.25, 0.3) is 0 Å². The third kappa shape index (κ3) is 11.4. The first-order valence-corrected chi connectivity index (χ1v) is 13.7. The van der Waals surface area contributed by atoms with Crippen LogP contribution in [0.15, 0.2) is 30.8 Å². The van der Waals surface area contributed by atoms with Gasteiger partial charge in [-0.15, -0.1) is 0 Å². The molecule has 0 aliphatic rings. The van der Waals surface area contributed by atoms with E-state index in [0.29, 0.717) is 13.1 Å². The Morgan fingerprint density at radius 1 is 1.05 bits per heavy atom. The van der Waals surface area contributed by atoms with Gasteiger partial charge in [-0.1, -0.05) is 84.2 Å². The van der Waals surface area contributed by atoms with Crippen LogP contribution in [0.4, 0.5) is 4.79 Å². The predicted molar refractivity (Wildman–Crippen MR) is 151 cm³/mol. The molecule has 7 nitrogen and oxygen atoms in total. The second-order valence-corrected chi connectivity index (χ2v) is 10.9. The summed E-state index contributed by atoms with van der Waals surface area (Å²) < 4.78 is 5.43. The molecule has 0 aliphatic carbocycles. The Bertz CT molecular complexity index is 876. The summed E-state index contributed by atoms with van der Waals surface area (Å²) in [4.78, 5) is 42.0. The van der Waals surface area contributed by atoms with E-state index in [1.165, 1.54) is 0 Å². The summed E-state index contributed by atoms with van der Waals surface area (Å²) in [5, 5.41) is 5.82. The van der Waals surface area contributed by atoms with Crippen LogP contribution < -0.4 is 10.6 Å². The van der Waals surface area contributed by atoms with E-state index < -0.39 is 23.8 Å².